The fourth-order valence-corrected chi connectivity index (χ4v) is 2.41. The first-order chi connectivity index (χ1) is 11.5. The molecular formula is C19H23NO4. The SMILES string of the molecule is COc1cccc(OC(C)C(=O)N(C)Cc2ccccc2OC)c1. The van der Waals surface area contributed by atoms with E-state index in [1.54, 1.807) is 45.2 Å². The first-order valence-electron chi connectivity index (χ1n) is 7.72. The molecule has 5 nitrogen and oxygen atoms in total. The summed E-state index contributed by atoms with van der Waals surface area (Å²) < 4.78 is 16.2. The monoisotopic (exact) mass is 329 g/mol. The van der Waals surface area contributed by atoms with Gasteiger partial charge in [-0.15, -0.1) is 0 Å². The molecule has 0 aromatic heterocycles. The molecule has 0 heterocycles. The maximum absolute atomic E-state index is 12.5. The summed E-state index contributed by atoms with van der Waals surface area (Å²) in [4.78, 5) is 14.2. The summed E-state index contributed by atoms with van der Waals surface area (Å²) in [6.45, 7) is 2.19. The van der Waals surface area contributed by atoms with Crippen molar-refractivity contribution in [2.75, 3.05) is 21.3 Å². The van der Waals surface area contributed by atoms with Gasteiger partial charge in [0.15, 0.2) is 6.10 Å². The lowest BCUT2D eigenvalue weighted by Gasteiger charge is -2.23. The molecule has 1 amide bonds. The van der Waals surface area contributed by atoms with Crippen molar-refractivity contribution >= 4 is 5.91 Å². The molecule has 0 N–H and O–H groups in total. The van der Waals surface area contributed by atoms with Crippen LogP contribution in [-0.2, 0) is 11.3 Å². The Morgan fingerprint density at radius 3 is 2.46 bits per heavy atom. The van der Waals surface area contributed by atoms with E-state index < -0.39 is 6.10 Å². The van der Waals surface area contributed by atoms with Gasteiger partial charge in [-0.05, 0) is 25.1 Å². The van der Waals surface area contributed by atoms with Crippen molar-refractivity contribution in [2.24, 2.45) is 0 Å². The molecule has 5 heteroatoms. The molecule has 0 radical (unpaired) electrons. The minimum Gasteiger partial charge on any atom is -0.497 e. The van der Waals surface area contributed by atoms with Gasteiger partial charge < -0.3 is 19.1 Å². The quantitative estimate of drug-likeness (QED) is 0.783. The van der Waals surface area contributed by atoms with E-state index in [4.69, 9.17) is 14.2 Å². The van der Waals surface area contributed by atoms with Gasteiger partial charge in [0.25, 0.3) is 5.91 Å². The van der Waals surface area contributed by atoms with E-state index >= 15 is 0 Å². The molecule has 0 fully saturated rings. The molecule has 2 rings (SSSR count). The minimum atomic E-state index is -0.600. The van der Waals surface area contributed by atoms with Crippen molar-refractivity contribution in [3.8, 4) is 17.2 Å². The topological polar surface area (TPSA) is 48.0 Å². The van der Waals surface area contributed by atoms with E-state index in [1.165, 1.54) is 0 Å². The molecule has 0 saturated heterocycles. The molecule has 24 heavy (non-hydrogen) atoms. The zero-order valence-corrected chi connectivity index (χ0v) is 14.5. The van der Waals surface area contributed by atoms with Gasteiger partial charge in [-0.2, -0.15) is 0 Å². The van der Waals surface area contributed by atoms with Gasteiger partial charge in [-0.1, -0.05) is 24.3 Å². The highest BCUT2D eigenvalue weighted by molar-refractivity contribution is 5.80. The fourth-order valence-electron chi connectivity index (χ4n) is 2.41. The summed E-state index contributed by atoms with van der Waals surface area (Å²) >= 11 is 0. The van der Waals surface area contributed by atoms with Crippen molar-refractivity contribution < 1.29 is 19.0 Å². The van der Waals surface area contributed by atoms with Crippen molar-refractivity contribution in [3.05, 3.63) is 54.1 Å². The van der Waals surface area contributed by atoms with E-state index in [0.29, 0.717) is 18.0 Å². The van der Waals surface area contributed by atoms with Crippen LogP contribution in [-0.4, -0.2) is 38.2 Å². The van der Waals surface area contributed by atoms with E-state index in [1.807, 2.05) is 36.4 Å². The smallest absolute Gasteiger partial charge is 0.263 e. The van der Waals surface area contributed by atoms with Crippen LogP contribution in [0, 0.1) is 0 Å². The Hall–Kier alpha value is -2.69. The number of carbonyl (C=O) groups excluding carboxylic acids is 1. The first kappa shape index (κ1) is 17.7. The molecule has 0 saturated carbocycles. The summed E-state index contributed by atoms with van der Waals surface area (Å²) in [5.41, 5.74) is 0.949. The number of nitrogens with zero attached hydrogens (tertiary/aromatic N) is 1. The van der Waals surface area contributed by atoms with Crippen LogP contribution in [0.5, 0.6) is 17.2 Å². The van der Waals surface area contributed by atoms with Gasteiger partial charge in [-0.25, -0.2) is 0 Å². The summed E-state index contributed by atoms with van der Waals surface area (Å²) in [6.07, 6.45) is -0.600. The fraction of sp³-hybridized carbons (Fsp3) is 0.316. The molecule has 0 spiro atoms. The third-order valence-corrected chi connectivity index (χ3v) is 3.68. The maximum Gasteiger partial charge on any atom is 0.263 e. The van der Waals surface area contributed by atoms with Gasteiger partial charge in [0.05, 0.1) is 14.2 Å². The van der Waals surface area contributed by atoms with Gasteiger partial charge in [-0.3, -0.25) is 4.79 Å². The van der Waals surface area contributed by atoms with Crippen LogP contribution < -0.4 is 14.2 Å². The Balaban J connectivity index is 2.01. The third kappa shape index (κ3) is 4.41. The van der Waals surface area contributed by atoms with E-state index in [9.17, 15) is 4.79 Å². The highest BCUT2D eigenvalue weighted by Crippen LogP contribution is 2.22. The zero-order chi connectivity index (χ0) is 17.5. The Morgan fingerprint density at radius 1 is 1.04 bits per heavy atom. The average Bonchev–Trinajstić information content (AvgIpc) is 2.61. The number of methoxy groups -OCH3 is 2. The van der Waals surface area contributed by atoms with Crippen LogP contribution in [0.2, 0.25) is 0 Å². The van der Waals surface area contributed by atoms with Crippen molar-refractivity contribution in [1.29, 1.82) is 0 Å². The van der Waals surface area contributed by atoms with Crippen molar-refractivity contribution in [3.63, 3.8) is 0 Å². The van der Waals surface area contributed by atoms with E-state index in [2.05, 4.69) is 0 Å². The summed E-state index contributed by atoms with van der Waals surface area (Å²) in [5, 5.41) is 0. The minimum absolute atomic E-state index is 0.108. The average molecular weight is 329 g/mol. The summed E-state index contributed by atoms with van der Waals surface area (Å²) in [7, 11) is 4.96. The predicted molar refractivity (Wildman–Crippen MR) is 92.6 cm³/mol. The van der Waals surface area contributed by atoms with Gasteiger partial charge >= 0.3 is 0 Å². The highest BCUT2D eigenvalue weighted by atomic mass is 16.5. The van der Waals surface area contributed by atoms with Crippen molar-refractivity contribution in [1.82, 2.24) is 4.90 Å². The van der Waals surface area contributed by atoms with E-state index in [-0.39, 0.29) is 5.91 Å². The van der Waals surface area contributed by atoms with E-state index in [0.717, 1.165) is 11.3 Å². The number of hydrogen-bond donors (Lipinski definition) is 0. The molecule has 2 aromatic carbocycles. The van der Waals surface area contributed by atoms with Crippen molar-refractivity contribution in [2.45, 2.75) is 19.6 Å². The number of para-hydroxylation sites is 1. The second-order valence-electron chi connectivity index (χ2n) is 5.45. The number of ether oxygens (including phenoxy) is 3. The molecule has 0 aliphatic heterocycles. The number of likely N-dealkylation sites (N-methyl/N-ethyl adjacent to an activating group) is 1. The summed E-state index contributed by atoms with van der Waals surface area (Å²) in [6, 6.07) is 14.8. The molecule has 0 aliphatic carbocycles. The van der Waals surface area contributed by atoms with Gasteiger partial charge in [0, 0.05) is 25.2 Å². The number of carbonyl (C=O) groups is 1. The molecule has 1 unspecified atom stereocenters. The van der Waals surface area contributed by atoms with Gasteiger partial charge in [0.2, 0.25) is 0 Å². The normalized spacial score (nSPS) is 11.5. The Kier molecular flexibility index (Phi) is 6.07. The lowest BCUT2D eigenvalue weighted by molar-refractivity contribution is -0.137. The predicted octanol–water partition coefficient (Wildman–Crippen LogP) is 3.13. The lowest BCUT2D eigenvalue weighted by atomic mass is 10.2. The third-order valence-electron chi connectivity index (χ3n) is 3.68. The van der Waals surface area contributed by atoms with Crippen LogP contribution in [0.1, 0.15) is 12.5 Å². The Morgan fingerprint density at radius 2 is 1.75 bits per heavy atom. The molecule has 128 valence electrons. The van der Waals surface area contributed by atoms with Crippen LogP contribution in [0.15, 0.2) is 48.5 Å². The number of benzene rings is 2. The lowest BCUT2D eigenvalue weighted by Crippen LogP contribution is -2.37. The summed E-state index contributed by atoms with van der Waals surface area (Å²) in [5.74, 6) is 1.94. The van der Waals surface area contributed by atoms with Crippen LogP contribution in [0.25, 0.3) is 0 Å². The second-order valence-corrected chi connectivity index (χ2v) is 5.45. The molecular weight excluding hydrogens is 306 g/mol. The molecule has 0 bridgehead atoms. The molecule has 0 aliphatic rings. The number of amides is 1. The highest BCUT2D eigenvalue weighted by Gasteiger charge is 2.20. The Bertz CT molecular complexity index is 687. The zero-order valence-electron chi connectivity index (χ0n) is 14.5. The largest absolute Gasteiger partial charge is 0.497 e. The Labute approximate surface area is 142 Å². The number of rotatable bonds is 7. The standard InChI is InChI=1S/C19H23NO4/c1-14(24-17-10-7-9-16(12-17)22-3)19(21)20(2)13-15-8-5-6-11-18(15)23-4/h5-12,14H,13H2,1-4H3. The van der Waals surface area contributed by atoms with Gasteiger partial charge in [0.1, 0.15) is 17.2 Å². The van der Waals surface area contributed by atoms with Crippen LogP contribution >= 0.6 is 0 Å². The molecule has 2 aromatic rings. The van der Waals surface area contributed by atoms with Crippen LogP contribution in [0.4, 0.5) is 0 Å². The second kappa shape index (κ2) is 8.24. The maximum atomic E-state index is 12.5. The molecule has 1 atom stereocenters. The van der Waals surface area contributed by atoms with Crippen LogP contribution in [0.3, 0.4) is 0 Å². The first-order valence-corrected chi connectivity index (χ1v) is 7.72. The number of hydrogen-bond acceptors (Lipinski definition) is 4.